The average Bonchev–Trinajstić information content (AvgIpc) is 3.47. The molecule has 1 aliphatic carbocycles. The number of hydrogen-bond acceptors (Lipinski definition) is 7. The molecule has 0 aliphatic heterocycles. The van der Waals surface area contributed by atoms with Crippen LogP contribution in [0.5, 0.6) is 0 Å². The van der Waals surface area contributed by atoms with E-state index in [2.05, 4.69) is 5.32 Å². The first-order valence-corrected chi connectivity index (χ1v) is 12.9. The molecule has 3 heterocycles. The first-order chi connectivity index (χ1) is 16.5. The third-order valence-corrected chi connectivity index (χ3v) is 7.96. The molecule has 0 radical (unpaired) electrons. The number of thioether (sulfide) groups is 1. The van der Waals surface area contributed by atoms with Gasteiger partial charge in [0.05, 0.1) is 23.9 Å². The van der Waals surface area contributed by atoms with Gasteiger partial charge in [-0.3, -0.25) is 19.0 Å². The van der Waals surface area contributed by atoms with Crippen LogP contribution in [0, 0.1) is 0 Å². The van der Waals surface area contributed by atoms with E-state index in [4.69, 9.17) is 9.40 Å². The zero-order valence-electron chi connectivity index (χ0n) is 18.6. The number of aryl methyl sites for hydroxylation is 2. The Morgan fingerprint density at radius 1 is 1.18 bits per heavy atom. The molecule has 9 heteroatoms. The lowest BCUT2D eigenvalue weighted by molar-refractivity contribution is -0.114. The van der Waals surface area contributed by atoms with Crippen LogP contribution in [0.3, 0.4) is 0 Å². The lowest BCUT2D eigenvalue weighted by Gasteiger charge is -2.13. The maximum Gasteiger partial charge on any atom is 0.263 e. The number of nitrogens with one attached hydrogen (secondary N) is 1. The Labute approximate surface area is 204 Å². The summed E-state index contributed by atoms with van der Waals surface area (Å²) >= 11 is 2.86. The highest BCUT2D eigenvalue weighted by Gasteiger charge is 2.23. The summed E-state index contributed by atoms with van der Waals surface area (Å²) in [7, 11) is 0. The summed E-state index contributed by atoms with van der Waals surface area (Å²) in [5.41, 5.74) is 2.24. The Bertz CT molecular complexity index is 1420. The van der Waals surface area contributed by atoms with Gasteiger partial charge in [0, 0.05) is 23.1 Å². The Morgan fingerprint density at radius 2 is 1.97 bits per heavy atom. The summed E-state index contributed by atoms with van der Waals surface area (Å²) in [6, 6.07) is 10.4. The number of ketones is 1. The maximum absolute atomic E-state index is 13.6. The Balaban J connectivity index is 1.45. The minimum atomic E-state index is -0.166. The molecule has 1 N–H and O–H groups in total. The number of rotatable bonds is 7. The number of aromatic nitrogens is 2. The number of carbonyl (C=O) groups is 2. The number of thiophene rings is 1. The molecule has 5 rings (SSSR count). The molecule has 0 spiro atoms. The Morgan fingerprint density at radius 3 is 2.71 bits per heavy atom. The van der Waals surface area contributed by atoms with Gasteiger partial charge >= 0.3 is 0 Å². The molecule has 7 nitrogen and oxygen atoms in total. The highest BCUT2D eigenvalue weighted by molar-refractivity contribution is 7.99. The number of hydrogen-bond donors (Lipinski definition) is 1. The van der Waals surface area contributed by atoms with Crippen molar-refractivity contribution in [3.05, 3.63) is 74.8 Å². The molecule has 1 aromatic carbocycles. The summed E-state index contributed by atoms with van der Waals surface area (Å²) in [5, 5.41) is 3.92. The molecule has 0 bridgehead atoms. The molecular formula is C25H23N3O4S2. The molecule has 1 amide bonds. The second-order valence-corrected chi connectivity index (χ2v) is 10.3. The van der Waals surface area contributed by atoms with E-state index in [0.29, 0.717) is 22.2 Å². The van der Waals surface area contributed by atoms with Crippen molar-refractivity contribution in [2.45, 2.75) is 44.3 Å². The smallest absolute Gasteiger partial charge is 0.263 e. The zero-order valence-corrected chi connectivity index (χ0v) is 20.3. The van der Waals surface area contributed by atoms with Crippen molar-refractivity contribution in [1.29, 1.82) is 0 Å². The fourth-order valence-corrected chi connectivity index (χ4v) is 6.38. The monoisotopic (exact) mass is 493 g/mol. The fourth-order valence-electron chi connectivity index (χ4n) is 4.18. The number of nitrogens with zero attached hydrogens (tertiary/aromatic N) is 2. The number of anilines is 1. The highest BCUT2D eigenvalue weighted by Crippen LogP contribution is 2.35. The van der Waals surface area contributed by atoms with Crippen LogP contribution in [-0.2, 0) is 24.2 Å². The van der Waals surface area contributed by atoms with Crippen LogP contribution in [-0.4, -0.2) is 27.0 Å². The van der Waals surface area contributed by atoms with Gasteiger partial charge in [0.15, 0.2) is 10.9 Å². The molecule has 0 fully saturated rings. The van der Waals surface area contributed by atoms with Crippen LogP contribution in [0.2, 0.25) is 0 Å². The zero-order chi connectivity index (χ0) is 23.7. The number of carbonyl (C=O) groups excluding carboxylic acids is 2. The normalized spacial score (nSPS) is 13.1. The minimum Gasteiger partial charge on any atom is -0.467 e. The first kappa shape index (κ1) is 22.6. The summed E-state index contributed by atoms with van der Waals surface area (Å²) in [5.74, 6) is 0.555. The molecule has 0 saturated carbocycles. The second-order valence-electron chi connectivity index (χ2n) is 8.23. The van der Waals surface area contributed by atoms with Crippen LogP contribution in [0.15, 0.2) is 57.0 Å². The van der Waals surface area contributed by atoms with Gasteiger partial charge in [-0.05, 0) is 67.6 Å². The van der Waals surface area contributed by atoms with E-state index in [1.165, 1.54) is 23.6 Å². The molecular weight excluding hydrogens is 470 g/mol. The van der Waals surface area contributed by atoms with Crippen LogP contribution < -0.4 is 10.9 Å². The highest BCUT2D eigenvalue weighted by atomic mass is 32.2. The van der Waals surface area contributed by atoms with E-state index in [9.17, 15) is 14.4 Å². The minimum absolute atomic E-state index is 0.0737. The topological polar surface area (TPSA) is 94.2 Å². The van der Waals surface area contributed by atoms with E-state index >= 15 is 0 Å². The lowest BCUT2D eigenvalue weighted by atomic mass is 9.97. The van der Waals surface area contributed by atoms with Gasteiger partial charge in [-0.15, -0.1) is 11.3 Å². The molecule has 0 unspecified atom stereocenters. The molecule has 34 heavy (non-hydrogen) atoms. The number of Topliss-reactive ketones (excluding diaryl/α,β-unsaturated/α-hetero) is 1. The van der Waals surface area contributed by atoms with Gasteiger partial charge in [0.1, 0.15) is 10.6 Å². The number of furan rings is 1. The number of benzene rings is 1. The van der Waals surface area contributed by atoms with Gasteiger partial charge in [-0.2, -0.15) is 0 Å². The number of amides is 1. The van der Waals surface area contributed by atoms with Crippen LogP contribution in [0.25, 0.3) is 10.2 Å². The van der Waals surface area contributed by atoms with Crippen molar-refractivity contribution < 1.29 is 14.0 Å². The maximum atomic E-state index is 13.6. The van der Waals surface area contributed by atoms with E-state index in [1.54, 1.807) is 52.5 Å². The van der Waals surface area contributed by atoms with Crippen LogP contribution in [0.1, 0.15) is 46.3 Å². The van der Waals surface area contributed by atoms with Gasteiger partial charge in [-0.1, -0.05) is 11.8 Å². The molecule has 1 aliphatic rings. The summed E-state index contributed by atoms with van der Waals surface area (Å²) < 4.78 is 7.12. The van der Waals surface area contributed by atoms with Gasteiger partial charge < -0.3 is 9.73 Å². The predicted octanol–water partition coefficient (Wildman–Crippen LogP) is 4.91. The second kappa shape index (κ2) is 9.60. The Hall–Kier alpha value is -3.17. The predicted molar refractivity (Wildman–Crippen MR) is 134 cm³/mol. The van der Waals surface area contributed by atoms with Crippen molar-refractivity contribution >= 4 is 50.7 Å². The third-order valence-electron chi connectivity index (χ3n) is 5.79. The molecule has 0 saturated heterocycles. The van der Waals surface area contributed by atoms with E-state index in [0.717, 1.165) is 41.5 Å². The van der Waals surface area contributed by atoms with Crippen molar-refractivity contribution in [1.82, 2.24) is 9.55 Å². The van der Waals surface area contributed by atoms with Crippen molar-refractivity contribution in [2.75, 3.05) is 11.1 Å². The summed E-state index contributed by atoms with van der Waals surface area (Å²) in [6.45, 7) is 1.70. The first-order valence-electron chi connectivity index (χ1n) is 11.1. The third kappa shape index (κ3) is 4.58. The summed E-state index contributed by atoms with van der Waals surface area (Å²) in [6.07, 6.45) is 5.70. The lowest BCUT2D eigenvalue weighted by Crippen LogP contribution is -2.24. The molecule has 3 aromatic heterocycles. The quantitative estimate of drug-likeness (QED) is 0.223. The van der Waals surface area contributed by atoms with E-state index in [1.807, 2.05) is 6.07 Å². The van der Waals surface area contributed by atoms with Gasteiger partial charge in [-0.25, -0.2) is 4.98 Å². The summed E-state index contributed by atoms with van der Waals surface area (Å²) in [4.78, 5) is 44.5. The van der Waals surface area contributed by atoms with Crippen LogP contribution in [0.4, 0.5) is 5.69 Å². The van der Waals surface area contributed by atoms with E-state index < -0.39 is 0 Å². The fraction of sp³-hybridized carbons (Fsp3) is 0.280. The van der Waals surface area contributed by atoms with Crippen molar-refractivity contribution in [3.63, 3.8) is 0 Å². The van der Waals surface area contributed by atoms with Gasteiger partial charge in [0.2, 0.25) is 5.91 Å². The number of fused-ring (bicyclic) bond motifs is 3. The molecule has 174 valence electrons. The molecule has 4 aromatic rings. The van der Waals surface area contributed by atoms with Crippen molar-refractivity contribution in [3.8, 4) is 0 Å². The SMILES string of the molecule is CC(=O)Nc1ccc(C(=O)CSc2nc3sc4c(c3c(=O)n2Cc2ccco2)CCCC4)cc1. The average molecular weight is 494 g/mol. The largest absolute Gasteiger partial charge is 0.467 e. The standard InChI is InChI=1S/C25H23N3O4S2/c1-15(29)26-17-10-8-16(9-11-17)20(30)14-33-25-27-23-22(19-6-2-3-7-21(19)34-23)24(31)28(25)13-18-5-4-12-32-18/h4-5,8-12H,2-3,6-7,13-14H2,1H3,(H,26,29). The molecule has 0 atom stereocenters. The Kier molecular flexibility index (Phi) is 6.38. The van der Waals surface area contributed by atoms with E-state index in [-0.39, 0.29) is 29.5 Å². The van der Waals surface area contributed by atoms with Gasteiger partial charge in [0.25, 0.3) is 5.56 Å². The van der Waals surface area contributed by atoms with Crippen LogP contribution >= 0.6 is 23.1 Å². The van der Waals surface area contributed by atoms with Crippen molar-refractivity contribution in [2.24, 2.45) is 0 Å².